The molecule has 0 fully saturated rings. The summed E-state index contributed by atoms with van der Waals surface area (Å²) < 4.78 is 13.9. The lowest BCUT2D eigenvalue weighted by Crippen LogP contribution is -2.29. The normalized spacial score (nSPS) is 12.4. The molecule has 1 atom stereocenters. The lowest BCUT2D eigenvalue weighted by atomic mass is 10.0. The lowest BCUT2D eigenvalue weighted by molar-refractivity contribution is 0.249. The van der Waals surface area contributed by atoms with Crippen molar-refractivity contribution < 1.29 is 14.6 Å². The third-order valence-corrected chi connectivity index (χ3v) is 3.36. The number of hydrogen-bond acceptors (Lipinski definition) is 4. The number of halogens is 1. The number of nitrogens with zero attached hydrogens (tertiary/aromatic N) is 1. The van der Waals surface area contributed by atoms with Gasteiger partial charge < -0.3 is 15.5 Å². The zero-order valence-corrected chi connectivity index (χ0v) is 12.0. The average Bonchev–Trinajstić information content (AvgIpc) is 2.44. The molecule has 5 heteroatoms. The molecule has 4 nitrogen and oxygen atoms in total. The van der Waals surface area contributed by atoms with Gasteiger partial charge >= 0.3 is 0 Å². The molecule has 1 heterocycles. The molecule has 0 saturated carbocycles. The van der Waals surface area contributed by atoms with Gasteiger partial charge in [0.1, 0.15) is 11.6 Å². The van der Waals surface area contributed by atoms with E-state index in [9.17, 15) is 14.6 Å². The monoisotopic (exact) mass is 290 g/mol. The molecule has 0 aliphatic rings. The minimum Gasteiger partial charge on any atom is -0.508 e. The Morgan fingerprint density at radius 1 is 1.24 bits per heavy atom. The Morgan fingerprint density at radius 3 is 2.62 bits per heavy atom. The van der Waals surface area contributed by atoms with E-state index in [1.165, 1.54) is 12.1 Å². The second-order valence-corrected chi connectivity index (χ2v) is 5.30. The van der Waals surface area contributed by atoms with Gasteiger partial charge in [0.2, 0.25) is 0 Å². The number of phenols is 1. The fourth-order valence-electron chi connectivity index (χ4n) is 2.04. The predicted molar refractivity (Wildman–Crippen MR) is 80.6 cm³/mol. The first-order valence-corrected chi connectivity index (χ1v) is 6.82. The number of nitrogens with one attached hydrogen (secondary N) is 1. The second-order valence-electron chi connectivity index (χ2n) is 5.30. The van der Waals surface area contributed by atoms with Gasteiger partial charge in [0.05, 0.1) is 18.3 Å². The van der Waals surface area contributed by atoms with Crippen LogP contribution in [0.3, 0.4) is 0 Å². The molecule has 1 aromatic heterocycles. The van der Waals surface area contributed by atoms with E-state index in [2.05, 4.69) is 10.3 Å². The van der Waals surface area contributed by atoms with E-state index in [4.69, 9.17) is 0 Å². The number of hydrogen-bond donors (Lipinski definition) is 3. The zero-order chi connectivity index (χ0) is 15.4. The van der Waals surface area contributed by atoms with Crippen molar-refractivity contribution in [2.45, 2.75) is 19.9 Å². The molecule has 3 N–H and O–H groups in total. The van der Waals surface area contributed by atoms with E-state index in [1.54, 1.807) is 18.5 Å². The van der Waals surface area contributed by atoms with Crippen molar-refractivity contribution in [1.82, 2.24) is 4.98 Å². The van der Waals surface area contributed by atoms with Crippen LogP contribution in [0.25, 0.3) is 11.1 Å². The number of aliphatic hydroxyl groups is 1. The summed E-state index contributed by atoms with van der Waals surface area (Å²) in [5.74, 6) is -0.362. The number of aliphatic hydroxyl groups excluding tert-OH is 1. The lowest BCUT2D eigenvalue weighted by Gasteiger charge is -2.21. The van der Waals surface area contributed by atoms with E-state index in [-0.39, 0.29) is 24.3 Å². The van der Waals surface area contributed by atoms with E-state index in [1.807, 2.05) is 13.8 Å². The van der Waals surface area contributed by atoms with Crippen LogP contribution < -0.4 is 5.32 Å². The first-order valence-electron chi connectivity index (χ1n) is 6.82. The van der Waals surface area contributed by atoms with Gasteiger partial charge in [-0.25, -0.2) is 4.39 Å². The number of phenolic OH excluding ortho intramolecular Hbond substituents is 1. The topological polar surface area (TPSA) is 65.4 Å². The third-order valence-electron chi connectivity index (χ3n) is 3.36. The smallest absolute Gasteiger partial charge is 0.134 e. The zero-order valence-electron chi connectivity index (χ0n) is 12.0. The number of rotatable bonds is 5. The quantitative estimate of drug-likeness (QED) is 0.792. The van der Waals surface area contributed by atoms with E-state index < -0.39 is 5.82 Å². The molecule has 0 aliphatic carbocycles. The largest absolute Gasteiger partial charge is 0.508 e. The predicted octanol–water partition coefficient (Wildman–Crippen LogP) is 3.02. The highest BCUT2D eigenvalue weighted by Crippen LogP contribution is 2.27. The molecule has 1 aromatic carbocycles. The molecule has 0 bridgehead atoms. The molecule has 0 spiro atoms. The van der Waals surface area contributed by atoms with Gasteiger partial charge in [0, 0.05) is 29.6 Å². The Labute approximate surface area is 123 Å². The molecule has 0 radical (unpaired) electrons. The van der Waals surface area contributed by atoms with Crippen LogP contribution in [0.1, 0.15) is 13.8 Å². The molecule has 1 unspecified atom stereocenters. The highest BCUT2D eigenvalue weighted by molar-refractivity contribution is 5.68. The molecular formula is C16H19FN2O2. The van der Waals surface area contributed by atoms with Gasteiger partial charge in [-0.05, 0) is 24.1 Å². The Kier molecular flexibility index (Phi) is 4.75. The fourth-order valence-corrected chi connectivity index (χ4v) is 2.04. The van der Waals surface area contributed by atoms with E-state index >= 15 is 0 Å². The summed E-state index contributed by atoms with van der Waals surface area (Å²) in [5.41, 5.74) is 1.69. The first-order chi connectivity index (χ1) is 10.0. The van der Waals surface area contributed by atoms with Gasteiger partial charge in [-0.2, -0.15) is 0 Å². The number of pyridine rings is 1. The van der Waals surface area contributed by atoms with Gasteiger partial charge in [-0.15, -0.1) is 0 Å². The van der Waals surface area contributed by atoms with Crippen molar-refractivity contribution in [3.05, 3.63) is 42.5 Å². The number of anilines is 1. The summed E-state index contributed by atoms with van der Waals surface area (Å²) in [4.78, 5) is 4.10. The van der Waals surface area contributed by atoms with Crippen molar-refractivity contribution in [2.75, 3.05) is 11.9 Å². The average molecular weight is 290 g/mol. The van der Waals surface area contributed by atoms with Crippen LogP contribution in [0.15, 0.2) is 36.7 Å². The van der Waals surface area contributed by atoms with Crippen molar-refractivity contribution in [3.63, 3.8) is 0 Å². The van der Waals surface area contributed by atoms with Crippen molar-refractivity contribution in [2.24, 2.45) is 5.92 Å². The minimum atomic E-state index is -0.503. The first kappa shape index (κ1) is 15.3. The Morgan fingerprint density at radius 2 is 2.00 bits per heavy atom. The molecule has 112 valence electrons. The molecular weight excluding hydrogens is 271 g/mol. The SMILES string of the molecule is CC(C)C(CO)Nc1cncc(-c2ccc(O)cc2F)c1. The molecule has 0 amide bonds. The van der Waals surface area contributed by atoms with Gasteiger partial charge in [0.15, 0.2) is 0 Å². The van der Waals surface area contributed by atoms with Crippen molar-refractivity contribution >= 4 is 5.69 Å². The fraction of sp³-hybridized carbons (Fsp3) is 0.312. The van der Waals surface area contributed by atoms with Crippen LogP contribution >= 0.6 is 0 Å². The number of benzene rings is 1. The molecule has 2 rings (SSSR count). The minimum absolute atomic E-state index is 0.00939. The third kappa shape index (κ3) is 3.70. The number of aromatic hydroxyl groups is 1. The Balaban J connectivity index is 2.29. The summed E-state index contributed by atoms with van der Waals surface area (Å²) in [6, 6.07) is 5.69. The molecule has 0 aliphatic heterocycles. The van der Waals surface area contributed by atoms with Gasteiger partial charge in [-0.1, -0.05) is 13.8 Å². The molecule has 2 aromatic rings. The summed E-state index contributed by atoms with van der Waals surface area (Å²) in [6.45, 7) is 4.02. The highest BCUT2D eigenvalue weighted by atomic mass is 19.1. The molecule has 0 saturated heterocycles. The van der Waals surface area contributed by atoms with Crippen molar-refractivity contribution in [1.29, 1.82) is 0 Å². The summed E-state index contributed by atoms with van der Waals surface area (Å²) in [5, 5.41) is 21.8. The summed E-state index contributed by atoms with van der Waals surface area (Å²) in [7, 11) is 0. The van der Waals surface area contributed by atoms with Crippen LogP contribution in [-0.4, -0.2) is 27.8 Å². The van der Waals surface area contributed by atoms with E-state index in [0.717, 1.165) is 6.07 Å². The Hall–Kier alpha value is -2.14. The van der Waals surface area contributed by atoms with E-state index in [0.29, 0.717) is 16.8 Å². The maximum absolute atomic E-state index is 13.9. The van der Waals surface area contributed by atoms with Crippen molar-refractivity contribution in [3.8, 4) is 16.9 Å². The Bertz CT molecular complexity index is 617. The van der Waals surface area contributed by atoms with Gasteiger partial charge in [-0.3, -0.25) is 4.98 Å². The number of aromatic nitrogens is 1. The summed E-state index contributed by atoms with van der Waals surface area (Å²) >= 11 is 0. The maximum Gasteiger partial charge on any atom is 0.134 e. The highest BCUT2D eigenvalue weighted by Gasteiger charge is 2.13. The van der Waals surface area contributed by atoms with Crippen LogP contribution in [-0.2, 0) is 0 Å². The maximum atomic E-state index is 13.9. The van der Waals surface area contributed by atoms with Crippen LogP contribution in [0.4, 0.5) is 10.1 Å². The standard InChI is InChI=1S/C16H19FN2O2/c1-10(2)16(9-20)19-12-5-11(7-18-8-12)14-4-3-13(21)6-15(14)17/h3-8,10,16,19-21H,9H2,1-2H3. The van der Waals surface area contributed by atoms with Gasteiger partial charge in [0.25, 0.3) is 0 Å². The van der Waals surface area contributed by atoms with Crippen LogP contribution in [0.2, 0.25) is 0 Å². The molecule has 21 heavy (non-hydrogen) atoms. The summed E-state index contributed by atoms with van der Waals surface area (Å²) in [6.07, 6.45) is 3.19. The van der Waals surface area contributed by atoms with Crippen LogP contribution in [0, 0.1) is 11.7 Å². The van der Waals surface area contributed by atoms with Crippen LogP contribution in [0.5, 0.6) is 5.75 Å². The second kappa shape index (κ2) is 6.54.